The van der Waals surface area contributed by atoms with Crippen LogP contribution in [0.25, 0.3) is 0 Å². The number of fused-ring (bicyclic) bond motifs is 1. The number of ether oxygens (including phenoxy) is 5. The number of nitrogens with one attached hydrogen (secondary N) is 2. The van der Waals surface area contributed by atoms with Crippen LogP contribution >= 0.6 is 0 Å². The van der Waals surface area contributed by atoms with Gasteiger partial charge in [0.2, 0.25) is 0 Å². The van der Waals surface area contributed by atoms with E-state index in [1.807, 2.05) is 4.72 Å². The molecule has 3 N–H and O–H groups in total. The Kier molecular flexibility index (Phi) is 14.2. The summed E-state index contributed by atoms with van der Waals surface area (Å²) in [5.74, 6) is 0.545. The number of carboxylic acids is 1. The first-order valence-corrected chi connectivity index (χ1v) is 13.5. The van der Waals surface area contributed by atoms with Crippen molar-refractivity contribution in [2.24, 2.45) is 17.8 Å². The van der Waals surface area contributed by atoms with Crippen molar-refractivity contribution in [3.8, 4) is 0 Å². The summed E-state index contributed by atoms with van der Waals surface area (Å²) >= 11 is 0. The molecular formula is C22H38N2O10S. The molecule has 2 rings (SSSR count). The summed E-state index contributed by atoms with van der Waals surface area (Å²) in [6, 6.07) is 0. The van der Waals surface area contributed by atoms with E-state index in [2.05, 4.69) is 16.9 Å². The molecular weight excluding hydrogens is 484 g/mol. The highest BCUT2D eigenvalue weighted by Gasteiger charge is 2.49. The van der Waals surface area contributed by atoms with E-state index in [0.717, 1.165) is 25.7 Å². The van der Waals surface area contributed by atoms with Crippen LogP contribution in [0.1, 0.15) is 32.1 Å². The zero-order valence-corrected chi connectivity index (χ0v) is 20.8. The molecule has 1 fully saturated rings. The van der Waals surface area contributed by atoms with Gasteiger partial charge in [-0.1, -0.05) is 12.2 Å². The van der Waals surface area contributed by atoms with Gasteiger partial charge in [0, 0.05) is 6.54 Å². The number of hydrogen-bond donors (Lipinski definition) is 3. The summed E-state index contributed by atoms with van der Waals surface area (Å²) in [6.07, 6.45) is 7.63. The third kappa shape index (κ3) is 13.8. The maximum Gasteiger partial charge on any atom is 0.421 e. The van der Waals surface area contributed by atoms with E-state index in [1.54, 1.807) is 0 Å². The molecule has 0 saturated heterocycles. The van der Waals surface area contributed by atoms with Crippen molar-refractivity contribution >= 4 is 22.3 Å². The van der Waals surface area contributed by atoms with Gasteiger partial charge in [0.05, 0.1) is 65.9 Å². The first-order chi connectivity index (χ1) is 16.9. The third-order valence-corrected chi connectivity index (χ3v) is 6.77. The van der Waals surface area contributed by atoms with Gasteiger partial charge in [-0.05, 0) is 43.4 Å². The highest BCUT2D eigenvalue weighted by Crippen LogP contribution is 2.52. The Labute approximate surface area is 206 Å². The Bertz CT molecular complexity index is 745. The van der Waals surface area contributed by atoms with Gasteiger partial charge in [-0.15, -0.1) is 0 Å². The van der Waals surface area contributed by atoms with Gasteiger partial charge in [-0.2, -0.15) is 13.1 Å². The average Bonchev–Trinajstić information content (AvgIpc) is 3.43. The molecule has 0 aromatic carbocycles. The maximum atomic E-state index is 11.9. The van der Waals surface area contributed by atoms with Crippen LogP contribution in [0.3, 0.4) is 0 Å². The molecule has 3 atom stereocenters. The van der Waals surface area contributed by atoms with Gasteiger partial charge in [-0.25, -0.2) is 9.52 Å². The van der Waals surface area contributed by atoms with Crippen molar-refractivity contribution in [3.05, 3.63) is 12.2 Å². The van der Waals surface area contributed by atoms with Crippen molar-refractivity contribution < 1.29 is 46.8 Å². The molecule has 2 aliphatic rings. The Balaban J connectivity index is 1.37. The predicted octanol–water partition coefficient (Wildman–Crippen LogP) is 1.08. The molecule has 0 radical (unpaired) electrons. The summed E-state index contributed by atoms with van der Waals surface area (Å²) in [6.45, 7) is 2.48. The van der Waals surface area contributed by atoms with Crippen LogP contribution in [0.5, 0.6) is 0 Å². The highest BCUT2D eigenvalue weighted by molar-refractivity contribution is 7.88. The molecule has 0 bridgehead atoms. The summed E-state index contributed by atoms with van der Waals surface area (Å²) in [5, 5.41) is 8.46. The number of allylic oxidation sites excluding steroid dienone is 2. The van der Waals surface area contributed by atoms with Crippen LogP contribution in [0.2, 0.25) is 0 Å². The van der Waals surface area contributed by atoms with Crippen LogP contribution in [0.4, 0.5) is 4.79 Å². The Morgan fingerprint density at radius 1 is 0.829 bits per heavy atom. The number of carbonyl (C=O) groups excluding carboxylic acids is 1. The van der Waals surface area contributed by atoms with Crippen LogP contribution < -0.4 is 9.44 Å². The van der Waals surface area contributed by atoms with Crippen molar-refractivity contribution in [2.45, 2.75) is 32.1 Å². The zero-order valence-electron chi connectivity index (χ0n) is 20.0. The summed E-state index contributed by atoms with van der Waals surface area (Å²) < 4.78 is 54.0. The number of carbonyl (C=O) groups is 2. The van der Waals surface area contributed by atoms with Crippen LogP contribution in [0, 0.1) is 17.8 Å². The van der Waals surface area contributed by atoms with Gasteiger partial charge < -0.3 is 28.8 Å². The molecule has 202 valence electrons. The second kappa shape index (κ2) is 16.8. The van der Waals surface area contributed by atoms with Crippen LogP contribution in [-0.2, 0) is 38.7 Å². The van der Waals surface area contributed by atoms with Crippen LogP contribution in [-0.4, -0.2) is 91.6 Å². The van der Waals surface area contributed by atoms with Crippen LogP contribution in [0.15, 0.2) is 12.2 Å². The van der Waals surface area contributed by atoms with Crippen molar-refractivity contribution in [1.29, 1.82) is 0 Å². The van der Waals surface area contributed by atoms with Gasteiger partial charge in [0.1, 0.15) is 0 Å². The van der Waals surface area contributed by atoms with Gasteiger partial charge in [0.15, 0.2) is 0 Å². The van der Waals surface area contributed by atoms with Gasteiger partial charge >= 0.3 is 22.3 Å². The van der Waals surface area contributed by atoms with Crippen molar-refractivity contribution in [1.82, 2.24) is 9.44 Å². The molecule has 0 aliphatic heterocycles. The fourth-order valence-corrected chi connectivity index (χ4v) is 4.66. The van der Waals surface area contributed by atoms with Gasteiger partial charge in [0.25, 0.3) is 0 Å². The Morgan fingerprint density at radius 2 is 1.34 bits per heavy atom. The molecule has 0 spiro atoms. The molecule has 1 amide bonds. The second-order valence-electron chi connectivity index (χ2n) is 8.31. The van der Waals surface area contributed by atoms with E-state index in [4.69, 9.17) is 28.8 Å². The largest absolute Gasteiger partial charge is 0.481 e. The van der Waals surface area contributed by atoms with Gasteiger partial charge in [-0.3, -0.25) is 4.79 Å². The molecule has 2 aliphatic carbocycles. The zero-order chi connectivity index (χ0) is 25.4. The number of amides is 1. The second-order valence-corrected chi connectivity index (χ2v) is 9.81. The fourth-order valence-electron chi connectivity index (χ4n) is 3.96. The molecule has 0 aromatic rings. The number of aliphatic carboxylic acids is 1. The molecule has 12 nitrogen and oxygen atoms in total. The van der Waals surface area contributed by atoms with Crippen molar-refractivity contribution in [3.63, 3.8) is 0 Å². The smallest absolute Gasteiger partial charge is 0.421 e. The minimum absolute atomic E-state index is 0.00657. The lowest BCUT2D eigenvalue weighted by Gasteiger charge is -2.10. The molecule has 0 heterocycles. The van der Waals surface area contributed by atoms with E-state index in [1.165, 1.54) is 0 Å². The third-order valence-electron chi connectivity index (χ3n) is 5.75. The number of hydrogen-bond acceptors (Lipinski definition) is 9. The molecule has 35 heavy (non-hydrogen) atoms. The van der Waals surface area contributed by atoms with E-state index in [0.29, 0.717) is 50.8 Å². The lowest BCUT2D eigenvalue weighted by Crippen LogP contribution is -2.42. The van der Waals surface area contributed by atoms with E-state index < -0.39 is 22.3 Å². The molecule has 0 aromatic heterocycles. The lowest BCUT2D eigenvalue weighted by molar-refractivity contribution is -0.138. The highest BCUT2D eigenvalue weighted by atomic mass is 32.2. The lowest BCUT2D eigenvalue weighted by atomic mass is 10.1. The normalized spacial score (nSPS) is 22.5. The number of rotatable bonds is 19. The predicted molar refractivity (Wildman–Crippen MR) is 125 cm³/mol. The SMILES string of the molecule is O=C(O)CCOCCOCCOCCOCCNS(=O)(=O)NC(=O)OC[C@@H]1[C@@H]2CC/C=C\CC[C@@H]21. The summed E-state index contributed by atoms with van der Waals surface area (Å²) in [7, 11) is -4.02. The standard InChI is InChI=1S/C22H38N2O10S/c25-21(26)7-9-30-11-13-32-15-16-33-14-12-31-10-8-23-35(28,29)24-22(27)34-17-20-18-5-3-1-2-4-6-19(18)20/h1-2,18-20,23H,3-17H2,(H,24,27)(H,25,26)/b2-1-/t18-,19+,20-. The molecule has 1 saturated carbocycles. The monoisotopic (exact) mass is 522 g/mol. The molecule has 0 unspecified atom stereocenters. The first-order valence-electron chi connectivity index (χ1n) is 12.0. The average molecular weight is 523 g/mol. The minimum Gasteiger partial charge on any atom is -0.481 e. The molecule has 13 heteroatoms. The minimum atomic E-state index is -4.02. The summed E-state index contributed by atoms with van der Waals surface area (Å²) in [4.78, 5) is 22.2. The first kappa shape index (κ1) is 29.5. The number of carboxylic acid groups (broad SMARTS) is 1. The van der Waals surface area contributed by atoms with Crippen molar-refractivity contribution in [2.75, 3.05) is 66.0 Å². The Morgan fingerprint density at radius 3 is 1.89 bits per heavy atom. The van der Waals surface area contributed by atoms with E-state index >= 15 is 0 Å². The maximum absolute atomic E-state index is 11.9. The Hall–Kier alpha value is -1.77. The van der Waals surface area contributed by atoms with E-state index in [-0.39, 0.29) is 39.4 Å². The quantitative estimate of drug-likeness (QED) is 0.165. The topological polar surface area (TPSA) is 159 Å². The van der Waals surface area contributed by atoms with E-state index in [9.17, 15) is 18.0 Å². The fraction of sp³-hybridized carbons (Fsp3) is 0.818. The summed E-state index contributed by atoms with van der Waals surface area (Å²) in [5.41, 5.74) is 0.